The molecule has 0 saturated heterocycles. The molecule has 0 aliphatic heterocycles. The van der Waals surface area contributed by atoms with Crippen LogP contribution in [0.2, 0.25) is 0 Å². The monoisotopic (exact) mass is 388 g/mol. The van der Waals surface area contributed by atoms with Crippen LogP contribution in [0.4, 0.5) is 5.00 Å². The van der Waals surface area contributed by atoms with E-state index >= 15 is 0 Å². The minimum Gasteiger partial charge on any atom is -0.497 e. The van der Waals surface area contributed by atoms with E-state index in [2.05, 4.69) is 15.8 Å². The van der Waals surface area contributed by atoms with Crippen molar-refractivity contribution in [3.05, 3.63) is 63.0 Å². The summed E-state index contributed by atoms with van der Waals surface area (Å²) in [6, 6.07) is 9.99. The minimum atomic E-state index is -0.525. The van der Waals surface area contributed by atoms with Gasteiger partial charge in [0.1, 0.15) is 5.75 Å². The first-order chi connectivity index (χ1) is 13.0. The van der Waals surface area contributed by atoms with Crippen LogP contribution in [0, 0.1) is 10.1 Å². The maximum absolute atomic E-state index is 11.7. The van der Waals surface area contributed by atoms with Gasteiger partial charge in [0.05, 0.1) is 29.7 Å². The van der Waals surface area contributed by atoms with E-state index in [1.807, 2.05) is 0 Å². The number of hydrazone groups is 1. The van der Waals surface area contributed by atoms with Gasteiger partial charge in [-0.25, -0.2) is 5.43 Å². The molecule has 2 N–H and O–H groups in total. The fourth-order valence-electron chi connectivity index (χ4n) is 1.83. The molecule has 0 bridgehead atoms. The second-order valence-corrected chi connectivity index (χ2v) is 6.14. The Bertz CT molecular complexity index is 874. The van der Waals surface area contributed by atoms with Crippen molar-refractivity contribution in [1.29, 1.82) is 0 Å². The number of carbonyl (C=O) groups is 2. The van der Waals surface area contributed by atoms with Crippen molar-refractivity contribution in [1.82, 2.24) is 10.7 Å². The molecule has 1 aromatic carbocycles. The maximum atomic E-state index is 11.7. The van der Waals surface area contributed by atoms with Gasteiger partial charge in [0.25, 0.3) is 5.91 Å². The average molecular weight is 388 g/mol. The molecule has 27 heavy (non-hydrogen) atoms. The lowest BCUT2D eigenvalue weighted by atomic mass is 10.2. The third-order valence-corrected chi connectivity index (χ3v) is 4.11. The number of benzene rings is 1. The Balaban J connectivity index is 1.73. The molecule has 2 amide bonds. The van der Waals surface area contributed by atoms with E-state index in [4.69, 9.17) is 4.74 Å². The van der Waals surface area contributed by atoms with Crippen LogP contribution in [0.3, 0.4) is 0 Å². The number of nitrogens with one attached hydrogen (secondary N) is 2. The van der Waals surface area contributed by atoms with Gasteiger partial charge in [-0.05, 0) is 29.8 Å². The van der Waals surface area contributed by atoms with Crippen molar-refractivity contribution in [2.24, 2.45) is 5.10 Å². The molecule has 0 spiro atoms. The van der Waals surface area contributed by atoms with Gasteiger partial charge in [-0.2, -0.15) is 5.10 Å². The van der Waals surface area contributed by atoms with Crippen molar-refractivity contribution in [3.63, 3.8) is 0 Å². The number of nitro groups is 1. The summed E-state index contributed by atoms with van der Waals surface area (Å²) in [5, 5.41) is 16.7. The minimum absolute atomic E-state index is 0.0151. The first-order valence-electron chi connectivity index (χ1n) is 7.64. The van der Waals surface area contributed by atoms with E-state index in [-0.39, 0.29) is 11.5 Å². The molecule has 1 aromatic heterocycles. The average Bonchev–Trinajstić information content (AvgIpc) is 3.14. The maximum Gasteiger partial charge on any atom is 0.324 e. The standard InChI is InChI=1S/C17H16N4O5S/c1-26-13-5-2-12(3-6-13)4-8-15(22)18-11-16(23)20-19-10-14-7-9-17(27-14)21(24)25/h2-10H,11H2,1H3,(H,18,22)(H,20,23). The van der Waals surface area contributed by atoms with Crippen LogP contribution in [0.25, 0.3) is 6.08 Å². The molecule has 0 atom stereocenters. The van der Waals surface area contributed by atoms with Crippen molar-refractivity contribution in [2.45, 2.75) is 0 Å². The zero-order valence-corrected chi connectivity index (χ0v) is 15.1. The fraction of sp³-hybridized carbons (Fsp3) is 0.118. The Labute approximate surface area is 158 Å². The van der Waals surface area contributed by atoms with Gasteiger partial charge in [-0.15, -0.1) is 0 Å². The first kappa shape index (κ1) is 19.8. The second kappa shape index (κ2) is 9.82. The Morgan fingerprint density at radius 1 is 1.26 bits per heavy atom. The first-order valence-corrected chi connectivity index (χ1v) is 8.45. The molecule has 0 aliphatic rings. The van der Waals surface area contributed by atoms with E-state index in [0.717, 1.165) is 16.9 Å². The van der Waals surface area contributed by atoms with E-state index in [9.17, 15) is 19.7 Å². The highest BCUT2D eigenvalue weighted by molar-refractivity contribution is 7.16. The van der Waals surface area contributed by atoms with Crippen LogP contribution in [0.15, 0.2) is 47.6 Å². The number of thiophene rings is 1. The van der Waals surface area contributed by atoms with Gasteiger partial charge in [0.2, 0.25) is 5.91 Å². The van der Waals surface area contributed by atoms with Gasteiger partial charge < -0.3 is 10.1 Å². The Kier molecular flexibility index (Phi) is 7.20. The molecule has 9 nitrogen and oxygen atoms in total. The van der Waals surface area contributed by atoms with Gasteiger partial charge in [0, 0.05) is 12.1 Å². The largest absolute Gasteiger partial charge is 0.497 e. The predicted molar refractivity (Wildman–Crippen MR) is 102 cm³/mol. The third-order valence-electron chi connectivity index (χ3n) is 3.14. The molecule has 0 aliphatic carbocycles. The van der Waals surface area contributed by atoms with E-state index in [1.54, 1.807) is 37.5 Å². The van der Waals surface area contributed by atoms with Crippen molar-refractivity contribution >= 4 is 40.4 Å². The zero-order valence-electron chi connectivity index (χ0n) is 14.2. The van der Waals surface area contributed by atoms with Crippen LogP contribution in [-0.4, -0.2) is 36.6 Å². The zero-order chi connectivity index (χ0) is 19.6. The quantitative estimate of drug-likeness (QED) is 0.310. The van der Waals surface area contributed by atoms with E-state index in [0.29, 0.717) is 10.6 Å². The molecule has 2 rings (SSSR count). The molecular weight excluding hydrogens is 372 g/mol. The van der Waals surface area contributed by atoms with Crippen molar-refractivity contribution < 1.29 is 19.2 Å². The lowest BCUT2D eigenvalue weighted by Crippen LogP contribution is -2.33. The van der Waals surface area contributed by atoms with Crippen LogP contribution in [0.5, 0.6) is 5.75 Å². The topological polar surface area (TPSA) is 123 Å². The number of nitrogens with zero attached hydrogens (tertiary/aromatic N) is 2. The van der Waals surface area contributed by atoms with Gasteiger partial charge in [-0.1, -0.05) is 23.5 Å². The highest BCUT2D eigenvalue weighted by Gasteiger charge is 2.08. The summed E-state index contributed by atoms with van der Waals surface area (Å²) in [6.45, 7) is -0.256. The third kappa shape index (κ3) is 6.71. The number of carbonyl (C=O) groups excluding carboxylic acids is 2. The predicted octanol–water partition coefficient (Wildman–Crippen LogP) is 1.94. The summed E-state index contributed by atoms with van der Waals surface area (Å²) < 4.78 is 5.04. The summed E-state index contributed by atoms with van der Waals surface area (Å²) in [6.07, 6.45) is 4.21. The Morgan fingerprint density at radius 2 is 2.00 bits per heavy atom. The summed E-state index contributed by atoms with van der Waals surface area (Å²) >= 11 is 0.931. The fourth-order valence-corrected chi connectivity index (χ4v) is 2.52. The second-order valence-electron chi connectivity index (χ2n) is 5.05. The summed E-state index contributed by atoms with van der Waals surface area (Å²) in [7, 11) is 1.57. The molecule has 0 unspecified atom stereocenters. The number of hydrogen-bond acceptors (Lipinski definition) is 7. The summed E-state index contributed by atoms with van der Waals surface area (Å²) in [4.78, 5) is 33.9. The number of hydrogen-bond donors (Lipinski definition) is 2. The highest BCUT2D eigenvalue weighted by Crippen LogP contribution is 2.22. The number of methoxy groups -OCH3 is 1. The molecule has 1 heterocycles. The van der Waals surface area contributed by atoms with Gasteiger partial charge in [-0.3, -0.25) is 19.7 Å². The van der Waals surface area contributed by atoms with Crippen LogP contribution >= 0.6 is 11.3 Å². The van der Waals surface area contributed by atoms with Crippen molar-refractivity contribution in [3.8, 4) is 5.75 Å². The van der Waals surface area contributed by atoms with Gasteiger partial charge >= 0.3 is 5.00 Å². The molecule has 0 radical (unpaired) electrons. The smallest absolute Gasteiger partial charge is 0.324 e. The molecule has 140 valence electrons. The highest BCUT2D eigenvalue weighted by atomic mass is 32.1. The molecule has 2 aromatic rings. The van der Waals surface area contributed by atoms with Gasteiger partial charge in [0.15, 0.2) is 0 Å². The van der Waals surface area contributed by atoms with Crippen LogP contribution in [-0.2, 0) is 9.59 Å². The number of amides is 2. The molecular formula is C17H16N4O5S. The molecule has 10 heteroatoms. The summed E-state index contributed by atoms with van der Waals surface area (Å²) in [5.41, 5.74) is 3.04. The lowest BCUT2D eigenvalue weighted by molar-refractivity contribution is -0.380. The van der Waals surface area contributed by atoms with E-state index < -0.39 is 16.7 Å². The van der Waals surface area contributed by atoms with E-state index in [1.165, 1.54) is 24.4 Å². The molecule has 0 fully saturated rings. The summed E-state index contributed by atoms with van der Waals surface area (Å²) in [5.74, 6) is -0.242. The molecule has 0 saturated carbocycles. The lowest BCUT2D eigenvalue weighted by Gasteiger charge is -2.01. The van der Waals surface area contributed by atoms with Crippen molar-refractivity contribution in [2.75, 3.05) is 13.7 Å². The number of ether oxygens (including phenoxy) is 1. The Hall–Kier alpha value is -3.53. The van der Waals surface area contributed by atoms with Crippen LogP contribution in [0.1, 0.15) is 10.4 Å². The normalized spacial score (nSPS) is 10.9. The SMILES string of the molecule is COc1ccc(C=CC(=O)NCC(=O)NN=Cc2ccc([N+](=O)[O-])s2)cc1. The number of rotatable bonds is 8. The Morgan fingerprint density at radius 3 is 2.63 bits per heavy atom. The van der Waals surface area contributed by atoms with Crippen LogP contribution < -0.4 is 15.5 Å².